The summed E-state index contributed by atoms with van der Waals surface area (Å²) in [6.07, 6.45) is -1.18. The molecule has 1 atom stereocenters. The molecule has 2 aromatic carbocycles. The molecule has 5 heteroatoms. The molecule has 0 radical (unpaired) electrons. The van der Waals surface area contributed by atoms with Gasteiger partial charge in [-0.15, -0.1) is 0 Å². The lowest BCUT2D eigenvalue weighted by Crippen LogP contribution is -2.25. The zero-order valence-corrected chi connectivity index (χ0v) is 11.6. The van der Waals surface area contributed by atoms with Crippen LogP contribution >= 0.6 is 0 Å². The van der Waals surface area contributed by atoms with Crippen LogP contribution in [0.25, 0.3) is 0 Å². The highest BCUT2D eigenvalue weighted by molar-refractivity contribution is 5.22. The number of hydrogen-bond donors (Lipinski definition) is 1. The van der Waals surface area contributed by atoms with Crippen LogP contribution in [0, 0.1) is 17.5 Å². The third-order valence-corrected chi connectivity index (χ3v) is 3.22. The number of hydrogen-bond acceptors (Lipinski definition) is 2. The van der Waals surface area contributed by atoms with E-state index in [1.54, 1.807) is 30.1 Å². The van der Waals surface area contributed by atoms with Crippen LogP contribution < -0.4 is 0 Å². The molecule has 0 bridgehead atoms. The van der Waals surface area contributed by atoms with E-state index in [4.69, 9.17) is 0 Å². The molecule has 112 valence electrons. The molecule has 1 N–H and O–H groups in total. The summed E-state index contributed by atoms with van der Waals surface area (Å²) in [6, 6.07) is 9.97. The van der Waals surface area contributed by atoms with Crippen molar-refractivity contribution in [3.05, 3.63) is 71.0 Å². The molecule has 0 heterocycles. The summed E-state index contributed by atoms with van der Waals surface area (Å²) in [7, 11) is 1.67. The predicted molar refractivity (Wildman–Crippen MR) is 74.1 cm³/mol. The van der Waals surface area contributed by atoms with Gasteiger partial charge in [-0.2, -0.15) is 0 Å². The van der Waals surface area contributed by atoms with E-state index in [0.717, 1.165) is 6.07 Å². The van der Waals surface area contributed by atoms with Crippen LogP contribution in [-0.2, 0) is 6.54 Å². The molecule has 2 nitrogen and oxygen atoms in total. The molecule has 0 amide bonds. The smallest absolute Gasteiger partial charge is 0.164 e. The van der Waals surface area contributed by atoms with Crippen LogP contribution in [0.2, 0.25) is 0 Å². The number of likely N-dealkylation sites (N-methyl/N-ethyl adjacent to an activating group) is 1. The molecule has 0 saturated heterocycles. The average Bonchev–Trinajstić information content (AvgIpc) is 2.44. The minimum atomic E-state index is -1.18. The van der Waals surface area contributed by atoms with Crippen LogP contribution in [-0.4, -0.2) is 23.6 Å². The fourth-order valence-electron chi connectivity index (χ4n) is 2.15. The lowest BCUT2D eigenvalue weighted by molar-refractivity contribution is 0.119. The molecule has 0 aromatic heterocycles. The van der Waals surface area contributed by atoms with Crippen molar-refractivity contribution in [3.8, 4) is 0 Å². The normalized spacial score (nSPS) is 12.7. The van der Waals surface area contributed by atoms with Crippen molar-refractivity contribution in [1.29, 1.82) is 0 Å². The molecule has 0 fully saturated rings. The van der Waals surface area contributed by atoms with E-state index in [9.17, 15) is 18.3 Å². The number of benzene rings is 2. The molecule has 2 aromatic rings. The zero-order chi connectivity index (χ0) is 15.4. The molecule has 21 heavy (non-hydrogen) atoms. The first kappa shape index (κ1) is 15.5. The van der Waals surface area contributed by atoms with Gasteiger partial charge in [-0.25, -0.2) is 13.2 Å². The summed E-state index contributed by atoms with van der Waals surface area (Å²) >= 11 is 0. The Kier molecular flexibility index (Phi) is 4.98. The number of aliphatic hydroxyl groups is 1. The summed E-state index contributed by atoms with van der Waals surface area (Å²) in [5.74, 6) is -2.39. The van der Waals surface area contributed by atoms with Crippen LogP contribution in [0.15, 0.2) is 42.5 Å². The van der Waals surface area contributed by atoms with E-state index in [2.05, 4.69) is 0 Å². The second kappa shape index (κ2) is 6.74. The van der Waals surface area contributed by atoms with Crippen molar-refractivity contribution >= 4 is 0 Å². The molecule has 0 saturated carbocycles. The van der Waals surface area contributed by atoms with E-state index in [1.807, 2.05) is 0 Å². The molecular formula is C16H16F3NO. The number of aliphatic hydroxyl groups excluding tert-OH is 1. The summed E-state index contributed by atoms with van der Waals surface area (Å²) in [6.45, 7) is 0.329. The molecule has 0 aliphatic rings. The quantitative estimate of drug-likeness (QED) is 0.915. The molecule has 0 aliphatic carbocycles. The van der Waals surface area contributed by atoms with Crippen LogP contribution in [0.3, 0.4) is 0 Å². The number of rotatable bonds is 5. The third kappa shape index (κ3) is 3.83. The van der Waals surface area contributed by atoms with E-state index < -0.39 is 17.7 Å². The Morgan fingerprint density at radius 3 is 2.38 bits per heavy atom. The standard InChI is InChI=1S/C16H16F3NO/c1-20(9-11-5-2-3-7-13(11)17)10-15(21)12-6-4-8-14(18)16(12)19/h2-8,15,21H,9-10H2,1H3. The van der Waals surface area contributed by atoms with Gasteiger partial charge in [0, 0.05) is 24.2 Å². The molecular weight excluding hydrogens is 279 g/mol. The minimum Gasteiger partial charge on any atom is -0.387 e. The van der Waals surface area contributed by atoms with Crippen molar-refractivity contribution in [1.82, 2.24) is 4.90 Å². The van der Waals surface area contributed by atoms with Crippen molar-refractivity contribution in [2.24, 2.45) is 0 Å². The molecule has 2 rings (SSSR count). The number of nitrogens with zero attached hydrogens (tertiary/aromatic N) is 1. The van der Waals surface area contributed by atoms with Gasteiger partial charge in [-0.1, -0.05) is 30.3 Å². The first-order valence-electron chi connectivity index (χ1n) is 6.53. The van der Waals surface area contributed by atoms with Crippen molar-refractivity contribution in [3.63, 3.8) is 0 Å². The first-order valence-corrected chi connectivity index (χ1v) is 6.53. The largest absolute Gasteiger partial charge is 0.387 e. The van der Waals surface area contributed by atoms with Crippen LogP contribution in [0.1, 0.15) is 17.2 Å². The Balaban J connectivity index is 2.04. The van der Waals surface area contributed by atoms with Gasteiger partial charge in [0.2, 0.25) is 0 Å². The third-order valence-electron chi connectivity index (χ3n) is 3.22. The van der Waals surface area contributed by atoms with Gasteiger partial charge in [0.25, 0.3) is 0 Å². The number of halogens is 3. The minimum absolute atomic E-state index is 0.0642. The Morgan fingerprint density at radius 1 is 1.00 bits per heavy atom. The van der Waals surface area contributed by atoms with Gasteiger partial charge in [-0.3, -0.25) is 4.90 Å². The van der Waals surface area contributed by atoms with Crippen molar-refractivity contribution < 1.29 is 18.3 Å². The molecule has 1 unspecified atom stereocenters. The lowest BCUT2D eigenvalue weighted by atomic mass is 10.1. The fraction of sp³-hybridized carbons (Fsp3) is 0.250. The maximum Gasteiger partial charge on any atom is 0.164 e. The average molecular weight is 295 g/mol. The summed E-state index contributed by atoms with van der Waals surface area (Å²) < 4.78 is 40.2. The molecule has 0 aliphatic heterocycles. The molecule has 0 spiro atoms. The highest BCUT2D eigenvalue weighted by atomic mass is 19.2. The van der Waals surface area contributed by atoms with Gasteiger partial charge in [-0.05, 0) is 19.2 Å². The van der Waals surface area contributed by atoms with Gasteiger partial charge < -0.3 is 5.11 Å². The predicted octanol–water partition coefficient (Wildman–Crippen LogP) is 3.27. The summed E-state index contributed by atoms with van der Waals surface area (Å²) in [4.78, 5) is 1.65. The zero-order valence-electron chi connectivity index (χ0n) is 11.6. The van der Waals surface area contributed by atoms with Gasteiger partial charge in [0.1, 0.15) is 5.82 Å². The Hall–Kier alpha value is -1.85. The van der Waals surface area contributed by atoms with E-state index in [-0.39, 0.29) is 24.5 Å². The van der Waals surface area contributed by atoms with Crippen molar-refractivity contribution in [2.45, 2.75) is 12.6 Å². The summed E-state index contributed by atoms with van der Waals surface area (Å²) in [5, 5.41) is 10.0. The topological polar surface area (TPSA) is 23.5 Å². The van der Waals surface area contributed by atoms with E-state index in [1.165, 1.54) is 18.2 Å². The van der Waals surface area contributed by atoms with Crippen LogP contribution in [0.5, 0.6) is 0 Å². The van der Waals surface area contributed by atoms with Gasteiger partial charge in [0.05, 0.1) is 6.10 Å². The highest BCUT2D eigenvalue weighted by Gasteiger charge is 2.18. The lowest BCUT2D eigenvalue weighted by Gasteiger charge is -2.21. The van der Waals surface area contributed by atoms with E-state index in [0.29, 0.717) is 5.56 Å². The summed E-state index contributed by atoms with van der Waals surface area (Å²) in [5.41, 5.74) is 0.377. The monoisotopic (exact) mass is 295 g/mol. The second-order valence-electron chi connectivity index (χ2n) is 4.95. The maximum absolute atomic E-state index is 13.6. The fourth-order valence-corrected chi connectivity index (χ4v) is 2.15. The highest BCUT2D eigenvalue weighted by Crippen LogP contribution is 2.20. The Labute approximate surface area is 121 Å². The SMILES string of the molecule is CN(Cc1ccccc1F)CC(O)c1cccc(F)c1F. The Bertz CT molecular complexity index is 618. The van der Waals surface area contributed by atoms with Gasteiger partial charge in [0.15, 0.2) is 11.6 Å². The van der Waals surface area contributed by atoms with E-state index >= 15 is 0 Å². The Morgan fingerprint density at radius 2 is 1.67 bits per heavy atom. The second-order valence-corrected chi connectivity index (χ2v) is 4.95. The van der Waals surface area contributed by atoms with Crippen molar-refractivity contribution in [2.75, 3.05) is 13.6 Å². The maximum atomic E-state index is 13.6. The first-order chi connectivity index (χ1) is 9.99. The van der Waals surface area contributed by atoms with Gasteiger partial charge >= 0.3 is 0 Å². The van der Waals surface area contributed by atoms with Crippen LogP contribution in [0.4, 0.5) is 13.2 Å².